The van der Waals surface area contributed by atoms with Crippen LogP contribution < -0.4 is 4.72 Å². The Hall–Kier alpha value is -2.47. The van der Waals surface area contributed by atoms with Gasteiger partial charge in [-0.05, 0) is 67.8 Å². The van der Waals surface area contributed by atoms with Crippen molar-refractivity contribution in [1.82, 2.24) is 4.31 Å². The smallest absolute Gasteiger partial charge is 0.261 e. The molecule has 0 aliphatic carbocycles. The summed E-state index contributed by atoms with van der Waals surface area (Å²) in [6.45, 7) is 5.24. The highest BCUT2D eigenvalue weighted by atomic mass is 35.5. The molecule has 0 aliphatic rings. The molecule has 0 aromatic heterocycles. The van der Waals surface area contributed by atoms with Crippen molar-refractivity contribution in [3.05, 3.63) is 87.9 Å². The lowest BCUT2D eigenvalue weighted by Crippen LogP contribution is -2.39. The minimum absolute atomic E-state index is 0.0186. The van der Waals surface area contributed by atoms with Gasteiger partial charge in [0.15, 0.2) is 6.29 Å². The number of methoxy groups -OCH3 is 2. The molecular weight excluding hydrogens is 536 g/mol. The fraction of sp³-hybridized carbons (Fsp3) is 0.308. The average molecular weight is 567 g/mol. The van der Waals surface area contributed by atoms with E-state index >= 15 is 0 Å². The van der Waals surface area contributed by atoms with Crippen molar-refractivity contribution < 1.29 is 26.3 Å². The van der Waals surface area contributed by atoms with Gasteiger partial charge in [0.2, 0.25) is 10.0 Å². The van der Waals surface area contributed by atoms with Gasteiger partial charge < -0.3 is 9.47 Å². The first-order chi connectivity index (χ1) is 17.4. The molecule has 3 aromatic rings. The van der Waals surface area contributed by atoms with Crippen LogP contribution in [0.2, 0.25) is 5.02 Å². The Morgan fingerprint density at radius 1 is 0.838 bits per heavy atom. The lowest BCUT2D eigenvalue weighted by atomic mass is 10.1. The molecule has 0 aliphatic heterocycles. The predicted octanol–water partition coefficient (Wildman–Crippen LogP) is 4.88. The van der Waals surface area contributed by atoms with E-state index in [1.54, 1.807) is 37.3 Å². The lowest BCUT2D eigenvalue weighted by Gasteiger charge is -2.27. The van der Waals surface area contributed by atoms with E-state index in [4.69, 9.17) is 21.1 Å². The standard InChI is InChI=1S/C26H31ClN2O6S2/c1-18-7-11-22(12-8-18)36(30,31)28-24-15-20(3)9-13-25(24)37(32,33)29(17-26(34-4)35-5)16-21-10-6-19(2)14-23(21)27/h6-15,26,28H,16-17H2,1-5H3. The quantitative estimate of drug-likeness (QED) is 0.332. The van der Waals surface area contributed by atoms with Gasteiger partial charge in [-0.2, -0.15) is 4.31 Å². The zero-order chi connectivity index (χ0) is 27.4. The second-order valence-corrected chi connectivity index (χ2v) is 12.7. The first-order valence-electron chi connectivity index (χ1n) is 11.4. The van der Waals surface area contributed by atoms with Crippen molar-refractivity contribution in [3.63, 3.8) is 0 Å². The van der Waals surface area contributed by atoms with Crippen LogP contribution in [-0.2, 0) is 36.1 Å². The molecule has 0 fully saturated rings. The van der Waals surface area contributed by atoms with Gasteiger partial charge in [0, 0.05) is 25.8 Å². The first-order valence-corrected chi connectivity index (χ1v) is 14.7. The van der Waals surface area contributed by atoms with Gasteiger partial charge in [-0.3, -0.25) is 4.72 Å². The topological polar surface area (TPSA) is 102 Å². The van der Waals surface area contributed by atoms with Crippen LogP contribution in [0.4, 0.5) is 5.69 Å². The number of halogens is 1. The molecule has 0 spiro atoms. The van der Waals surface area contributed by atoms with Crippen molar-refractivity contribution in [2.75, 3.05) is 25.5 Å². The molecule has 37 heavy (non-hydrogen) atoms. The maximum Gasteiger partial charge on any atom is 0.261 e. The second kappa shape index (κ2) is 11.9. The van der Waals surface area contributed by atoms with Gasteiger partial charge in [0.05, 0.1) is 17.1 Å². The van der Waals surface area contributed by atoms with Crippen molar-refractivity contribution in [2.24, 2.45) is 0 Å². The monoisotopic (exact) mass is 566 g/mol. The number of rotatable bonds is 11. The SMILES string of the molecule is COC(CN(Cc1ccc(C)cc1Cl)S(=O)(=O)c1ccc(C)cc1NS(=O)(=O)c1ccc(C)cc1)OC. The number of hydrogen-bond donors (Lipinski definition) is 1. The third-order valence-electron chi connectivity index (χ3n) is 5.76. The summed E-state index contributed by atoms with van der Waals surface area (Å²) in [6.07, 6.45) is -0.864. The number of benzene rings is 3. The summed E-state index contributed by atoms with van der Waals surface area (Å²) in [5.74, 6) is 0. The van der Waals surface area contributed by atoms with Gasteiger partial charge in [-0.15, -0.1) is 0 Å². The third-order valence-corrected chi connectivity index (χ3v) is 9.37. The summed E-state index contributed by atoms with van der Waals surface area (Å²) < 4.78 is 68.5. The van der Waals surface area contributed by atoms with E-state index in [1.165, 1.54) is 38.5 Å². The zero-order valence-corrected chi connectivity index (χ0v) is 23.7. The molecule has 0 saturated carbocycles. The molecule has 0 saturated heterocycles. The molecule has 0 radical (unpaired) electrons. The van der Waals surface area contributed by atoms with E-state index in [0.717, 1.165) is 15.4 Å². The van der Waals surface area contributed by atoms with Gasteiger partial charge in [-0.1, -0.05) is 47.5 Å². The molecule has 0 amide bonds. The Kier molecular flexibility index (Phi) is 9.38. The molecule has 0 atom stereocenters. The van der Waals surface area contributed by atoms with Crippen LogP contribution in [-0.4, -0.2) is 48.2 Å². The summed E-state index contributed by atoms with van der Waals surface area (Å²) >= 11 is 6.42. The summed E-state index contributed by atoms with van der Waals surface area (Å²) in [5.41, 5.74) is 3.03. The van der Waals surface area contributed by atoms with Crippen LogP contribution in [0.15, 0.2) is 70.5 Å². The van der Waals surface area contributed by atoms with Gasteiger partial charge in [-0.25, -0.2) is 16.8 Å². The molecule has 0 heterocycles. The third kappa shape index (κ3) is 7.10. The number of nitrogens with one attached hydrogen (secondary N) is 1. The number of anilines is 1. The molecule has 11 heteroatoms. The molecule has 3 rings (SSSR count). The van der Waals surface area contributed by atoms with Gasteiger partial charge in [0.25, 0.3) is 10.0 Å². The number of aryl methyl sites for hydroxylation is 3. The minimum Gasteiger partial charge on any atom is -0.354 e. The second-order valence-electron chi connectivity index (χ2n) is 8.71. The Balaban J connectivity index is 2.08. The highest BCUT2D eigenvalue weighted by molar-refractivity contribution is 7.93. The molecular formula is C26H31ClN2O6S2. The fourth-order valence-electron chi connectivity index (χ4n) is 3.64. The summed E-state index contributed by atoms with van der Waals surface area (Å²) in [4.78, 5) is -0.187. The Bertz CT molecular complexity index is 1450. The maximum absolute atomic E-state index is 14.0. The highest BCUT2D eigenvalue weighted by Gasteiger charge is 2.31. The van der Waals surface area contributed by atoms with Crippen LogP contribution in [0, 0.1) is 20.8 Å². The molecule has 8 nitrogen and oxygen atoms in total. The molecule has 200 valence electrons. The van der Waals surface area contributed by atoms with Crippen molar-refractivity contribution in [1.29, 1.82) is 0 Å². The first kappa shape index (κ1) is 29.1. The van der Waals surface area contributed by atoms with Crippen molar-refractivity contribution in [2.45, 2.75) is 43.4 Å². The number of hydrogen-bond acceptors (Lipinski definition) is 6. The Morgan fingerprint density at radius 2 is 1.41 bits per heavy atom. The largest absolute Gasteiger partial charge is 0.354 e. The minimum atomic E-state index is -4.26. The van der Waals surface area contributed by atoms with E-state index in [1.807, 2.05) is 19.9 Å². The van der Waals surface area contributed by atoms with E-state index in [2.05, 4.69) is 4.72 Å². The summed E-state index contributed by atoms with van der Waals surface area (Å²) in [6, 6.07) is 16.1. The zero-order valence-electron chi connectivity index (χ0n) is 21.4. The molecule has 0 unspecified atom stereocenters. The number of nitrogens with zero attached hydrogens (tertiary/aromatic N) is 1. The summed E-state index contributed by atoms with van der Waals surface area (Å²) in [5, 5.41) is 0.413. The molecule has 0 bridgehead atoms. The lowest BCUT2D eigenvalue weighted by molar-refractivity contribution is -0.108. The normalized spacial score (nSPS) is 12.3. The van der Waals surface area contributed by atoms with Gasteiger partial charge >= 0.3 is 0 Å². The van der Waals surface area contributed by atoms with E-state index in [0.29, 0.717) is 16.1 Å². The molecule has 3 aromatic carbocycles. The fourth-order valence-corrected chi connectivity index (χ4v) is 6.60. The maximum atomic E-state index is 14.0. The van der Waals surface area contributed by atoms with Crippen LogP contribution in [0.3, 0.4) is 0 Å². The Labute approximate surface area is 224 Å². The average Bonchev–Trinajstić information content (AvgIpc) is 2.83. The number of sulfonamides is 2. The van der Waals surface area contributed by atoms with Crippen LogP contribution in [0.25, 0.3) is 0 Å². The van der Waals surface area contributed by atoms with E-state index < -0.39 is 26.3 Å². The van der Waals surface area contributed by atoms with Crippen LogP contribution >= 0.6 is 11.6 Å². The van der Waals surface area contributed by atoms with Crippen molar-refractivity contribution in [3.8, 4) is 0 Å². The van der Waals surface area contributed by atoms with Crippen LogP contribution in [0.5, 0.6) is 0 Å². The summed E-state index contributed by atoms with van der Waals surface area (Å²) in [7, 11) is -5.51. The predicted molar refractivity (Wildman–Crippen MR) is 145 cm³/mol. The highest BCUT2D eigenvalue weighted by Crippen LogP contribution is 2.31. The van der Waals surface area contributed by atoms with E-state index in [-0.39, 0.29) is 28.6 Å². The Morgan fingerprint density at radius 3 is 2.00 bits per heavy atom. The molecule has 1 N–H and O–H groups in total. The van der Waals surface area contributed by atoms with Gasteiger partial charge in [0.1, 0.15) is 4.90 Å². The number of ether oxygens (including phenoxy) is 2. The van der Waals surface area contributed by atoms with Crippen molar-refractivity contribution >= 4 is 37.3 Å². The van der Waals surface area contributed by atoms with Crippen LogP contribution in [0.1, 0.15) is 22.3 Å². The van der Waals surface area contributed by atoms with E-state index in [9.17, 15) is 16.8 Å².